The zero-order valence-electron chi connectivity index (χ0n) is 15.3. The van der Waals surface area contributed by atoms with Gasteiger partial charge in [-0.2, -0.15) is 0 Å². The van der Waals surface area contributed by atoms with Gasteiger partial charge in [-0.1, -0.05) is 11.3 Å². The highest BCUT2D eigenvalue weighted by Crippen LogP contribution is 2.22. The monoisotopic (exact) mass is 440 g/mol. The number of halogens is 2. The van der Waals surface area contributed by atoms with Gasteiger partial charge in [0.05, 0.1) is 5.92 Å². The van der Waals surface area contributed by atoms with Crippen LogP contribution in [0.4, 0.5) is 5.13 Å². The average Bonchev–Trinajstić information content (AvgIpc) is 2.92. The van der Waals surface area contributed by atoms with Crippen LogP contribution < -0.4 is 16.8 Å². The van der Waals surface area contributed by atoms with Gasteiger partial charge in [0.15, 0.2) is 0 Å². The number of hydrogen-bond donors (Lipinski definition) is 3. The smallest absolute Gasteiger partial charge is 0.224 e. The molecule has 2 saturated heterocycles. The summed E-state index contributed by atoms with van der Waals surface area (Å²) in [5, 5.41) is 12.1. The van der Waals surface area contributed by atoms with E-state index in [0.29, 0.717) is 24.1 Å². The molecule has 11 heteroatoms. The molecule has 1 aromatic rings. The molecule has 0 saturated carbocycles. The van der Waals surface area contributed by atoms with E-state index in [2.05, 4.69) is 20.4 Å². The van der Waals surface area contributed by atoms with E-state index in [0.717, 1.165) is 57.0 Å². The fraction of sp³-hybridized carbons (Fsp3) is 0.812. The Morgan fingerprint density at radius 2 is 1.93 bits per heavy atom. The Morgan fingerprint density at radius 3 is 2.59 bits per heavy atom. The summed E-state index contributed by atoms with van der Waals surface area (Å²) in [5.74, 6) is 0.111. The van der Waals surface area contributed by atoms with Crippen molar-refractivity contribution in [1.82, 2.24) is 20.4 Å². The van der Waals surface area contributed by atoms with Crippen LogP contribution in [0, 0.1) is 5.92 Å². The number of amides is 1. The van der Waals surface area contributed by atoms with E-state index in [1.807, 2.05) is 0 Å². The topological polar surface area (TPSA) is 119 Å². The number of hydrogen-bond acceptors (Lipinski definition) is 8. The lowest BCUT2D eigenvalue weighted by atomic mass is 10.0. The minimum absolute atomic E-state index is 0. The summed E-state index contributed by atoms with van der Waals surface area (Å²) in [7, 11) is 0. The molecule has 1 aromatic heterocycles. The third kappa shape index (κ3) is 7.32. The third-order valence-corrected chi connectivity index (χ3v) is 5.82. The van der Waals surface area contributed by atoms with Crippen molar-refractivity contribution in [3.63, 3.8) is 0 Å². The SMILES string of the molecule is Cl.Cl.Nc1nnc(CCNC(=O)[C@@H]2CC[C@H](N)CN(C3CCOCC3)C2)s1. The number of carbonyl (C=O) groups excluding carboxylic acids is 1. The van der Waals surface area contributed by atoms with E-state index < -0.39 is 0 Å². The highest BCUT2D eigenvalue weighted by Gasteiger charge is 2.31. The van der Waals surface area contributed by atoms with E-state index in [4.69, 9.17) is 16.2 Å². The van der Waals surface area contributed by atoms with Crippen LogP contribution in [0.5, 0.6) is 0 Å². The van der Waals surface area contributed by atoms with Gasteiger partial charge in [-0.3, -0.25) is 9.69 Å². The first-order valence-corrected chi connectivity index (χ1v) is 9.86. The van der Waals surface area contributed by atoms with Crippen molar-refractivity contribution in [2.45, 2.75) is 44.2 Å². The molecule has 3 rings (SSSR count). The van der Waals surface area contributed by atoms with Crippen molar-refractivity contribution >= 4 is 47.2 Å². The molecule has 0 unspecified atom stereocenters. The van der Waals surface area contributed by atoms with E-state index in [-0.39, 0.29) is 42.7 Å². The number of carbonyl (C=O) groups is 1. The first-order valence-electron chi connectivity index (χ1n) is 9.04. The number of nitrogen functional groups attached to an aromatic ring is 1. The number of nitrogens with one attached hydrogen (secondary N) is 1. The fourth-order valence-corrected chi connectivity index (χ4v) is 4.23. The molecule has 27 heavy (non-hydrogen) atoms. The van der Waals surface area contributed by atoms with Crippen LogP contribution >= 0.6 is 36.2 Å². The highest BCUT2D eigenvalue weighted by molar-refractivity contribution is 7.15. The Morgan fingerprint density at radius 1 is 1.19 bits per heavy atom. The van der Waals surface area contributed by atoms with Crippen LogP contribution in [0.1, 0.15) is 30.7 Å². The highest BCUT2D eigenvalue weighted by atomic mass is 35.5. The molecule has 3 heterocycles. The predicted octanol–water partition coefficient (Wildman–Crippen LogP) is 0.841. The maximum Gasteiger partial charge on any atom is 0.224 e. The largest absolute Gasteiger partial charge is 0.381 e. The van der Waals surface area contributed by atoms with E-state index in [1.54, 1.807) is 0 Å². The second-order valence-corrected chi connectivity index (χ2v) is 8.00. The van der Waals surface area contributed by atoms with E-state index in [1.165, 1.54) is 11.3 Å². The number of nitrogens with two attached hydrogens (primary N) is 2. The van der Waals surface area contributed by atoms with Crippen LogP contribution in [-0.2, 0) is 16.0 Å². The summed E-state index contributed by atoms with van der Waals surface area (Å²) in [4.78, 5) is 15.0. The summed E-state index contributed by atoms with van der Waals surface area (Å²) >= 11 is 1.37. The Kier molecular flexibility index (Phi) is 10.8. The number of aromatic nitrogens is 2. The van der Waals surface area contributed by atoms with Crippen LogP contribution in [0.3, 0.4) is 0 Å². The lowest BCUT2D eigenvalue weighted by molar-refractivity contribution is -0.125. The van der Waals surface area contributed by atoms with Gasteiger partial charge in [-0.25, -0.2) is 0 Å². The number of nitrogens with zero attached hydrogens (tertiary/aromatic N) is 3. The molecular weight excluding hydrogens is 411 g/mol. The van der Waals surface area contributed by atoms with Gasteiger partial charge in [0.25, 0.3) is 0 Å². The summed E-state index contributed by atoms with van der Waals surface area (Å²) in [5.41, 5.74) is 11.8. The van der Waals surface area contributed by atoms with Crippen LogP contribution in [0.2, 0.25) is 0 Å². The number of anilines is 1. The maximum atomic E-state index is 12.6. The minimum Gasteiger partial charge on any atom is -0.381 e. The summed E-state index contributed by atoms with van der Waals surface area (Å²) < 4.78 is 5.46. The van der Waals surface area contributed by atoms with Gasteiger partial charge in [-0.15, -0.1) is 35.0 Å². The van der Waals surface area contributed by atoms with Gasteiger partial charge >= 0.3 is 0 Å². The summed E-state index contributed by atoms with van der Waals surface area (Å²) in [6.45, 7) is 3.83. The molecule has 2 atom stereocenters. The summed E-state index contributed by atoms with van der Waals surface area (Å²) in [6, 6.07) is 0.627. The van der Waals surface area contributed by atoms with Crippen molar-refractivity contribution < 1.29 is 9.53 Å². The van der Waals surface area contributed by atoms with Crippen LogP contribution in [-0.4, -0.2) is 65.9 Å². The van der Waals surface area contributed by atoms with Crippen molar-refractivity contribution in [2.24, 2.45) is 11.7 Å². The Balaban J connectivity index is 0.00000182. The first kappa shape index (κ1) is 24.3. The molecule has 0 aromatic carbocycles. The Bertz CT molecular complexity index is 573. The zero-order chi connectivity index (χ0) is 17.6. The normalized spacial score (nSPS) is 24.3. The van der Waals surface area contributed by atoms with Crippen LogP contribution in [0.25, 0.3) is 0 Å². The van der Waals surface area contributed by atoms with Crippen molar-refractivity contribution in [3.05, 3.63) is 5.01 Å². The van der Waals surface area contributed by atoms with Gasteiger partial charge < -0.3 is 21.5 Å². The first-order chi connectivity index (χ1) is 12.1. The van der Waals surface area contributed by atoms with Gasteiger partial charge in [0.2, 0.25) is 11.0 Å². The van der Waals surface area contributed by atoms with Gasteiger partial charge in [-0.05, 0) is 25.7 Å². The maximum absolute atomic E-state index is 12.6. The third-order valence-electron chi connectivity index (χ3n) is 5.01. The van der Waals surface area contributed by atoms with Crippen LogP contribution in [0.15, 0.2) is 0 Å². The van der Waals surface area contributed by atoms with E-state index in [9.17, 15) is 4.79 Å². The molecule has 0 aliphatic carbocycles. The van der Waals surface area contributed by atoms with Crippen molar-refractivity contribution in [3.8, 4) is 0 Å². The molecule has 2 aliphatic heterocycles. The standard InChI is InChI=1S/C16H28N6O2S.2ClH/c17-12-2-1-11(9-22(10-12)13-4-7-24-8-5-13)15(23)19-6-3-14-20-21-16(18)25-14;;/h11-13H,1-10,17H2,(H2,18,21)(H,19,23);2*1H/t11-,12+;;/m1../s1. The molecule has 156 valence electrons. The number of rotatable bonds is 5. The molecule has 8 nitrogen and oxygen atoms in total. The molecule has 0 bridgehead atoms. The molecule has 2 fully saturated rings. The molecular formula is C16H30Cl2N6O2S. The predicted molar refractivity (Wildman–Crippen MR) is 112 cm³/mol. The second kappa shape index (κ2) is 12.0. The molecule has 0 spiro atoms. The Labute approximate surface area is 176 Å². The van der Waals surface area contributed by atoms with Crippen molar-refractivity contribution in [2.75, 3.05) is 38.6 Å². The second-order valence-electron chi connectivity index (χ2n) is 6.91. The van der Waals surface area contributed by atoms with Gasteiger partial charge in [0.1, 0.15) is 5.01 Å². The Hall–Kier alpha value is -0.710. The lowest BCUT2D eigenvalue weighted by Gasteiger charge is -2.35. The molecule has 5 N–H and O–H groups in total. The quantitative estimate of drug-likeness (QED) is 0.620. The minimum atomic E-state index is -0.00381. The summed E-state index contributed by atoms with van der Waals surface area (Å²) in [6.07, 6.45) is 4.46. The van der Waals surface area contributed by atoms with Crippen molar-refractivity contribution in [1.29, 1.82) is 0 Å². The lowest BCUT2D eigenvalue weighted by Crippen LogP contribution is -2.47. The van der Waals surface area contributed by atoms with E-state index >= 15 is 0 Å². The molecule has 1 amide bonds. The zero-order valence-corrected chi connectivity index (χ0v) is 17.8. The molecule has 2 aliphatic rings. The number of likely N-dealkylation sites (tertiary alicyclic amines) is 1. The van der Waals surface area contributed by atoms with Gasteiger partial charge in [0, 0.05) is 51.4 Å². The number of ether oxygens (including phenoxy) is 1. The fourth-order valence-electron chi connectivity index (χ4n) is 3.62. The average molecular weight is 441 g/mol. The molecule has 0 radical (unpaired) electrons.